The largest absolute Gasteiger partial charge is 0.310 e. The monoisotopic (exact) mass is 298 g/mol. The molecular weight excluding hydrogens is 271 g/mol. The van der Waals surface area contributed by atoms with Crippen LogP contribution in [0.15, 0.2) is 24.3 Å². The average Bonchev–Trinajstić information content (AvgIpc) is 2.44. The standard InChI is InChI=1S/C16H27FN2S/c1-5-18-16(14-6-8-15(17)9-7-14)10-11-19(3)13(2)12-20-4/h6-9,13,16,18H,5,10-12H2,1-4H3. The van der Waals surface area contributed by atoms with Crippen LogP contribution in [0.1, 0.15) is 31.9 Å². The SMILES string of the molecule is CCNC(CCN(C)C(C)CSC)c1ccc(F)cc1. The summed E-state index contributed by atoms with van der Waals surface area (Å²) in [6.07, 6.45) is 3.18. The van der Waals surface area contributed by atoms with E-state index in [0.717, 1.165) is 25.3 Å². The molecule has 114 valence electrons. The van der Waals surface area contributed by atoms with Gasteiger partial charge in [-0.25, -0.2) is 4.39 Å². The van der Waals surface area contributed by atoms with E-state index in [4.69, 9.17) is 0 Å². The summed E-state index contributed by atoms with van der Waals surface area (Å²) < 4.78 is 13.0. The summed E-state index contributed by atoms with van der Waals surface area (Å²) in [5.74, 6) is 0.980. The highest BCUT2D eigenvalue weighted by Gasteiger charge is 2.14. The predicted molar refractivity (Wildman–Crippen MR) is 87.9 cm³/mol. The van der Waals surface area contributed by atoms with Crippen molar-refractivity contribution in [3.8, 4) is 0 Å². The van der Waals surface area contributed by atoms with Crippen LogP contribution in [-0.2, 0) is 0 Å². The Morgan fingerprint density at radius 3 is 2.50 bits per heavy atom. The highest BCUT2D eigenvalue weighted by Crippen LogP contribution is 2.18. The van der Waals surface area contributed by atoms with E-state index in [9.17, 15) is 4.39 Å². The Kier molecular flexibility index (Phi) is 8.19. The zero-order valence-corrected chi connectivity index (χ0v) is 13.8. The number of nitrogens with one attached hydrogen (secondary N) is 1. The zero-order chi connectivity index (χ0) is 15.0. The van der Waals surface area contributed by atoms with Crippen molar-refractivity contribution >= 4 is 11.8 Å². The molecule has 1 rings (SSSR count). The highest BCUT2D eigenvalue weighted by molar-refractivity contribution is 7.98. The van der Waals surface area contributed by atoms with Gasteiger partial charge >= 0.3 is 0 Å². The minimum atomic E-state index is -0.172. The molecule has 4 heteroatoms. The van der Waals surface area contributed by atoms with Gasteiger partial charge in [0.15, 0.2) is 0 Å². The van der Waals surface area contributed by atoms with E-state index in [1.165, 1.54) is 5.56 Å². The number of rotatable bonds is 9. The van der Waals surface area contributed by atoms with Gasteiger partial charge in [-0.1, -0.05) is 19.1 Å². The molecule has 2 unspecified atom stereocenters. The molecule has 0 saturated heterocycles. The van der Waals surface area contributed by atoms with Gasteiger partial charge in [-0.2, -0.15) is 11.8 Å². The summed E-state index contributed by atoms with van der Waals surface area (Å²) in [6.45, 7) is 6.33. The van der Waals surface area contributed by atoms with Crippen LogP contribution in [0.2, 0.25) is 0 Å². The molecule has 0 amide bonds. The number of halogens is 1. The Morgan fingerprint density at radius 1 is 1.30 bits per heavy atom. The Bertz CT molecular complexity index is 369. The van der Waals surface area contributed by atoms with Crippen LogP contribution in [0.5, 0.6) is 0 Å². The fourth-order valence-electron chi connectivity index (χ4n) is 2.25. The molecule has 2 atom stereocenters. The topological polar surface area (TPSA) is 15.3 Å². The molecule has 1 aromatic carbocycles. The summed E-state index contributed by atoms with van der Waals surface area (Å²) in [4.78, 5) is 2.39. The predicted octanol–water partition coefficient (Wildman–Crippen LogP) is 3.55. The van der Waals surface area contributed by atoms with Gasteiger partial charge < -0.3 is 10.2 Å². The molecule has 0 heterocycles. The summed E-state index contributed by atoms with van der Waals surface area (Å²) in [6, 6.07) is 7.73. The van der Waals surface area contributed by atoms with Crippen LogP contribution in [0, 0.1) is 5.82 Å². The van der Waals surface area contributed by atoms with Crippen molar-refractivity contribution < 1.29 is 4.39 Å². The van der Waals surface area contributed by atoms with E-state index in [-0.39, 0.29) is 5.82 Å². The van der Waals surface area contributed by atoms with Crippen LogP contribution in [0.25, 0.3) is 0 Å². The first-order valence-electron chi connectivity index (χ1n) is 7.26. The molecule has 2 nitrogen and oxygen atoms in total. The van der Waals surface area contributed by atoms with E-state index < -0.39 is 0 Å². The van der Waals surface area contributed by atoms with Gasteiger partial charge in [0.05, 0.1) is 0 Å². The minimum absolute atomic E-state index is 0.172. The second-order valence-electron chi connectivity index (χ2n) is 5.24. The maximum atomic E-state index is 13.0. The molecule has 20 heavy (non-hydrogen) atoms. The lowest BCUT2D eigenvalue weighted by molar-refractivity contribution is 0.260. The number of hydrogen-bond acceptors (Lipinski definition) is 3. The Balaban J connectivity index is 2.57. The number of thioether (sulfide) groups is 1. The molecule has 0 aliphatic rings. The minimum Gasteiger partial charge on any atom is -0.310 e. The van der Waals surface area contributed by atoms with Crippen molar-refractivity contribution in [2.24, 2.45) is 0 Å². The quantitative estimate of drug-likeness (QED) is 0.750. The molecule has 1 N–H and O–H groups in total. The number of hydrogen-bond donors (Lipinski definition) is 1. The van der Waals surface area contributed by atoms with E-state index >= 15 is 0 Å². The van der Waals surface area contributed by atoms with Crippen molar-refractivity contribution in [2.75, 3.05) is 32.1 Å². The number of nitrogens with zero attached hydrogens (tertiary/aromatic N) is 1. The maximum absolute atomic E-state index is 13.0. The van der Waals surface area contributed by atoms with Crippen molar-refractivity contribution in [3.63, 3.8) is 0 Å². The average molecular weight is 298 g/mol. The molecule has 0 bridgehead atoms. The van der Waals surface area contributed by atoms with Gasteiger partial charge in [0, 0.05) is 17.8 Å². The van der Waals surface area contributed by atoms with Crippen LogP contribution >= 0.6 is 11.8 Å². The molecule has 0 aromatic heterocycles. The smallest absolute Gasteiger partial charge is 0.123 e. The molecular formula is C16H27FN2S. The number of benzene rings is 1. The zero-order valence-electron chi connectivity index (χ0n) is 13.0. The second-order valence-corrected chi connectivity index (χ2v) is 6.15. The van der Waals surface area contributed by atoms with Crippen molar-refractivity contribution in [3.05, 3.63) is 35.6 Å². The third-order valence-electron chi connectivity index (χ3n) is 3.65. The fraction of sp³-hybridized carbons (Fsp3) is 0.625. The van der Waals surface area contributed by atoms with Gasteiger partial charge in [-0.05, 0) is 57.4 Å². The Labute approximate surface area is 127 Å². The van der Waals surface area contributed by atoms with Crippen molar-refractivity contribution in [2.45, 2.75) is 32.4 Å². The van der Waals surface area contributed by atoms with E-state index in [2.05, 4.69) is 37.4 Å². The highest BCUT2D eigenvalue weighted by atomic mass is 32.2. The van der Waals surface area contributed by atoms with Crippen LogP contribution < -0.4 is 5.32 Å². The van der Waals surface area contributed by atoms with Gasteiger partial charge in [-0.3, -0.25) is 0 Å². The van der Waals surface area contributed by atoms with E-state index in [1.807, 2.05) is 23.9 Å². The fourth-order valence-corrected chi connectivity index (χ4v) is 2.99. The summed E-state index contributed by atoms with van der Waals surface area (Å²) in [7, 11) is 2.18. The first-order chi connectivity index (χ1) is 9.58. The van der Waals surface area contributed by atoms with E-state index in [0.29, 0.717) is 12.1 Å². The van der Waals surface area contributed by atoms with E-state index in [1.54, 1.807) is 12.1 Å². The third-order valence-corrected chi connectivity index (χ3v) is 4.47. The van der Waals surface area contributed by atoms with Gasteiger partial charge in [0.25, 0.3) is 0 Å². The first-order valence-corrected chi connectivity index (χ1v) is 8.65. The van der Waals surface area contributed by atoms with Crippen LogP contribution in [0.3, 0.4) is 0 Å². The molecule has 0 fully saturated rings. The molecule has 1 aromatic rings. The molecule has 0 saturated carbocycles. The third kappa shape index (κ3) is 5.81. The lowest BCUT2D eigenvalue weighted by atomic mass is 10.0. The summed E-state index contributed by atoms with van der Waals surface area (Å²) in [5, 5.41) is 3.49. The molecule has 0 radical (unpaired) electrons. The lowest BCUT2D eigenvalue weighted by Gasteiger charge is -2.27. The van der Waals surface area contributed by atoms with Gasteiger partial charge in [0.2, 0.25) is 0 Å². The van der Waals surface area contributed by atoms with Crippen molar-refractivity contribution in [1.82, 2.24) is 10.2 Å². The summed E-state index contributed by atoms with van der Waals surface area (Å²) in [5.41, 5.74) is 1.17. The molecule has 0 aliphatic heterocycles. The molecule has 0 aliphatic carbocycles. The van der Waals surface area contributed by atoms with Gasteiger partial charge in [0.1, 0.15) is 5.82 Å². The normalized spacial score (nSPS) is 14.5. The second kappa shape index (κ2) is 9.37. The van der Waals surface area contributed by atoms with Crippen LogP contribution in [0.4, 0.5) is 4.39 Å². The Hall–Kier alpha value is -0.580. The Morgan fingerprint density at radius 2 is 1.95 bits per heavy atom. The van der Waals surface area contributed by atoms with Crippen LogP contribution in [-0.4, -0.2) is 43.1 Å². The lowest BCUT2D eigenvalue weighted by Crippen LogP contribution is -2.34. The maximum Gasteiger partial charge on any atom is 0.123 e. The molecule has 0 spiro atoms. The van der Waals surface area contributed by atoms with Gasteiger partial charge in [-0.15, -0.1) is 0 Å². The van der Waals surface area contributed by atoms with Crippen molar-refractivity contribution in [1.29, 1.82) is 0 Å². The first kappa shape index (κ1) is 17.5. The summed E-state index contributed by atoms with van der Waals surface area (Å²) >= 11 is 1.88.